The van der Waals surface area contributed by atoms with Crippen molar-refractivity contribution < 1.29 is 28.3 Å². The highest BCUT2D eigenvalue weighted by Crippen LogP contribution is 2.22. The highest BCUT2D eigenvalue weighted by atomic mass is 16.6. The van der Waals surface area contributed by atoms with Crippen molar-refractivity contribution in [3.63, 3.8) is 0 Å². The molecular formula is C25H25NO6. The summed E-state index contributed by atoms with van der Waals surface area (Å²) >= 11 is 0. The van der Waals surface area contributed by atoms with E-state index in [9.17, 15) is 14.4 Å². The van der Waals surface area contributed by atoms with Crippen molar-refractivity contribution in [1.29, 1.82) is 0 Å². The quantitative estimate of drug-likeness (QED) is 0.391. The summed E-state index contributed by atoms with van der Waals surface area (Å²) in [5.74, 6) is 0.276. The fraction of sp³-hybridized carbons (Fsp3) is 0.240. The van der Waals surface area contributed by atoms with E-state index in [1.165, 1.54) is 0 Å². The van der Waals surface area contributed by atoms with Gasteiger partial charge < -0.3 is 19.2 Å². The van der Waals surface area contributed by atoms with Crippen molar-refractivity contribution in [3.8, 4) is 11.3 Å². The van der Waals surface area contributed by atoms with E-state index in [0.717, 1.165) is 16.7 Å². The molecule has 0 aliphatic carbocycles. The molecule has 7 nitrogen and oxygen atoms in total. The predicted molar refractivity (Wildman–Crippen MR) is 118 cm³/mol. The van der Waals surface area contributed by atoms with E-state index < -0.39 is 18.1 Å². The molecule has 1 aromatic heterocycles. The summed E-state index contributed by atoms with van der Waals surface area (Å²) in [5.41, 5.74) is 2.44. The molecule has 0 aliphatic rings. The number of furan rings is 1. The van der Waals surface area contributed by atoms with E-state index in [2.05, 4.69) is 5.32 Å². The van der Waals surface area contributed by atoms with Crippen LogP contribution in [0.5, 0.6) is 0 Å². The van der Waals surface area contributed by atoms with E-state index in [0.29, 0.717) is 12.0 Å². The summed E-state index contributed by atoms with van der Waals surface area (Å²) in [5, 5.41) is 2.61. The molecule has 3 aromatic rings. The average molecular weight is 435 g/mol. The van der Waals surface area contributed by atoms with Gasteiger partial charge in [-0.3, -0.25) is 4.79 Å². The van der Waals surface area contributed by atoms with Crippen LogP contribution in [-0.4, -0.2) is 30.5 Å². The van der Waals surface area contributed by atoms with Crippen LogP contribution in [0, 0.1) is 0 Å². The van der Waals surface area contributed by atoms with Crippen LogP contribution >= 0.6 is 0 Å². The van der Waals surface area contributed by atoms with Crippen LogP contribution in [-0.2, 0) is 27.3 Å². The summed E-state index contributed by atoms with van der Waals surface area (Å²) in [6.07, 6.45) is -0.149. The summed E-state index contributed by atoms with van der Waals surface area (Å²) in [6, 6.07) is 19.0. The topological polar surface area (TPSA) is 94.8 Å². The van der Waals surface area contributed by atoms with E-state index >= 15 is 0 Å². The number of ether oxygens (including phenoxy) is 2. The van der Waals surface area contributed by atoms with Crippen LogP contribution in [0.4, 0.5) is 4.79 Å². The molecule has 1 heterocycles. The molecule has 1 amide bonds. The fourth-order valence-corrected chi connectivity index (χ4v) is 3.03. The fourth-order valence-electron chi connectivity index (χ4n) is 3.03. The standard InChI is InChI=1S/C25H25NO6/c1-17(2)31-24(28)22(26-25(29)30-16-19-6-4-3-5-7-19)14-18-8-10-20(11-9-18)23-13-12-21(15-27)32-23/h3-13,15,17,22H,14,16H2,1-2H3,(H,26,29)/t22-/m1/s1. The number of alkyl carbamates (subject to hydrolysis) is 1. The van der Waals surface area contributed by atoms with Gasteiger partial charge in [0.25, 0.3) is 0 Å². The second-order valence-corrected chi connectivity index (χ2v) is 7.47. The zero-order valence-corrected chi connectivity index (χ0v) is 17.9. The Hall–Kier alpha value is -3.87. The van der Waals surface area contributed by atoms with Gasteiger partial charge in [0.15, 0.2) is 12.0 Å². The molecule has 1 atom stereocenters. The number of rotatable bonds is 9. The largest absolute Gasteiger partial charge is 0.461 e. The third-order valence-electron chi connectivity index (χ3n) is 4.56. The number of hydrogen-bond acceptors (Lipinski definition) is 6. The Kier molecular flexibility index (Phi) is 7.80. The second kappa shape index (κ2) is 10.9. The van der Waals surface area contributed by atoms with E-state index in [1.807, 2.05) is 54.6 Å². The molecule has 7 heteroatoms. The maximum absolute atomic E-state index is 12.6. The number of amides is 1. The molecule has 0 unspecified atom stereocenters. The lowest BCUT2D eigenvalue weighted by molar-refractivity contribution is -0.149. The molecular weight excluding hydrogens is 410 g/mol. The number of carbonyl (C=O) groups excluding carboxylic acids is 3. The third-order valence-corrected chi connectivity index (χ3v) is 4.56. The Bertz CT molecular complexity index is 1040. The lowest BCUT2D eigenvalue weighted by Gasteiger charge is -2.19. The zero-order chi connectivity index (χ0) is 22.9. The van der Waals surface area contributed by atoms with Gasteiger partial charge in [0.1, 0.15) is 18.4 Å². The number of benzene rings is 2. The van der Waals surface area contributed by atoms with Gasteiger partial charge in [0, 0.05) is 12.0 Å². The Balaban J connectivity index is 1.66. The van der Waals surface area contributed by atoms with Crippen LogP contribution in [0.15, 0.2) is 71.1 Å². The number of hydrogen-bond donors (Lipinski definition) is 1. The molecule has 0 spiro atoms. The summed E-state index contributed by atoms with van der Waals surface area (Å²) in [7, 11) is 0. The van der Waals surface area contributed by atoms with Crippen LogP contribution in [0.2, 0.25) is 0 Å². The van der Waals surface area contributed by atoms with Gasteiger partial charge in [-0.2, -0.15) is 0 Å². The van der Waals surface area contributed by atoms with E-state index in [4.69, 9.17) is 13.9 Å². The third kappa shape index (κ3) is 6.57. The Morgan fingerprint density at radius 3 is 2.31 bits per heavy atom. The Labute approximate surface area is 186 Å². The molecule has 0 saturated heterocycles. The molecule has 0 aliphatic heterocycles. The minimum atomic E-state index is -0.906. The average Bonchev–Trinajstić information content (AvgIpc) is 3.27. The molecule has 166 valence electrons. The van der Waals surface area contributed by atoms with Crippen molar-refractivity contribution in [2.75, 3.05) is 0 Å². The van der Waals surface area contributed by atoms with E-state index in [-0.39, 0.29) is 24.9 Å². The van der Waals surface area contributed by atoms with Gasteiger partial charge in [-0.05, 0) is 37.1 Å². The number of esters is 1. The van der Waals surface area contributed by atoms with Gasteiger partial charge in [-0.15, -0.1) is 0 Å². The Morgan fingerprint density at radius 2 is 1.69 bits per heavy atom. The van der Waals surface area contributed by atoms with Crippen LogP contribution in [0.3, 0.4) is 0 Å². The Morgan fingerprint density at radius 1 is 0.969 bits per heavy atom. The van der Waals surface area contributed by atoms with Gasteiger partial charge in [0.2, 0.25) is 0 Å². The van der Waals surface area contributed by atoms with Gasteiger partial charge >= 0.3 is 12.1 Å². The number of carbonyl (C=O) groups is 3. The molecule has 0 fully saturated rings. The number of aldehydes is 1. The first-order valence-electron chi connectivity index (χ1n) is 10.3. The predicted octanol–water partition coefficient (Wildman–Crippen LogP) is 4.55. The maximum atomic E-state index is 12.6. The molecule has 0 radical (unpaired) electrons. The van der Waals surface area contributed by atoms with Crippen molar-refractivity contribution >= 4 is 18.3 Å². The van der Waals surface area contributed by atoms with Gasteiger partial charge in [-0.1, -0.05) is 54.6 Å². The van der Waals surface area contributed by atoms with Crippen molar-refractivity contribution in [2.45, 2.75) is 39.0 Å². The lowest BCUT2D eigenvalue weighted by Crippen LogP contribution is -2.44. The zero-order valence-electron chi connectivity index (χ0n) is 17.9. The highest BCUT2D eigenvalue weighted by molar-refractivity contribution is 5.82. The first-order valence-corrected chi connectivity index (χ1v) is 10.3. The highest BCUT2D eigenvalue weighted by Gasteiger charge is 2.24. The van der Waals surface area contributed by atoms with Crippen molar-refractivity contribution in [1.82, 2.24) is 5.32 Å². The minimum absolute atomic E-state index is 0.0965. The molecule has 0 bridgehead atoms. The molecule has 32 heavy (non-hydrogen) atoms. The molecule has 2 aromatic carbocycles. The smallest absolute Gasteiger partial charge is 0.408 e. The molecule has 3 rings (SSSR count). The monoisotopic (exact) mass is 435 g/mol. The van der Waals surface area contributed by atoms with Gasteiger partial charge in [-0.25, -0.2) is 9.59 Å². The van der Waals surface area contributed by atoms with Crippen molar-refractivity contribution in [2.24, 2.45) is 0 Å². The number of nitrogens with one attached hydrogen (secondary N) is 1. The minimum Gasteiger partial charge on any atom is -0.461 e. The van der Waals surface area contributed by atoms with Crippen LogP contribution in [0.1, 0.15) is 35.5 Å². The second-order valence-electron chi connectivity index (χ2n) is 7.47. The SMILES string of the molecule is CC(C)OC(=O)[C@@H](Cc1ccc(-c2ccc(C=O)o2)cc1)NC(=O)OCc1ccccc1. The van der Waals surface area contributed by atoms with Crippen LogP contribution in [0.25, 0.3) is 11.3 Å². The molecule has 1 N–H and O–H groups in total. The summed E-state index contributed by atoms with van der Waals surface area (Å²) < 4.78 is 16.0. The lowest BCUT2D eigenvalue weighted by atomic mass is 10.0. The first-order chi connectivity index (χ1) is 15.4. The summed E-state index contributed by atoms with van der Waals surface area (Å²) in [6.45, 7) is 3.59. The van der Waals surface area contributed by atoms with Gasteiger partial charge in [0.05, 0.1) is 6.10 Å². The maximum Gasteiger partial charge on any atom is 0.408 e. The van der Waals surface area contributed by atoms with E-state index in [1.54, 1.807) is 26.0 Å². The first kappa shape index (κ1) is 22.8. The van der Waals surface area contributed by atoms with Crippen molar-refractivity contribution in [3.05, 3.63) is 83.6 Å². The normalized spacial score (nSPS) is 11.6. The molecule has 0 saturated carbocycles. The summed E-state index contributed by atoms with van der Waals surface area (Å²) in [4.78, 5) is 35.6. The van der Waals surface area contributed by atoms with Crippen LogP contribution < -0.4 is 5.32 Å².